The molecule has 0 bridgehead atoms. The number of ether oxygens (including phenoxy) is 6. The van der Waals surface area contributed by atoms with Gasteiger partial charge in [-0.15, -0.1) is 0 Å². The monoisotopic (exact) mass is 474 g/mol. The highest BCUT2D eigenvalue weighted by Crippen LogP contribution is 2.25. The van der Waals surface area contributed by atoms with E-state index in [0.717, 1.165) is 6.42 Å². The van der Waals surface area contributed by atoms with Crippen LogP contribution in [0.25, 0.3) is 0 Å². The highest BCUT2D eigenvalue weighted by molar-refractivity contribution is 4.70. The molecule has 0 N–H and O–H groups in total. The lowest BCUT2D eigenvalue weighted by Gasteiger charge is -2.27. The molecule has 32 heavy (non-hydrogen) atoms. The zero-order chi connectivity index (χ0) is 19.8. The summed E-state index contributed by atoms with van der Waals surface area (Å²) >= 11 is 0. The van der Waals surface area contributed by atoms with Crippen LogP contribution in [0.15, 0.2) is 0 Å². The molecule has 0 unspecified atom stereocenters. The molecule has 0 aromatic rings. The Morgan fingerprint density at radius 1 is 0.438 bits per heavy atom. The van der Waals surface area contributed by atoms with Crippen LogP contribution in [-0.4, -0.2) is 81.3 Å². The number of rotatable bonds is 17. The topological polar surface area (TPSA) is 55.4 Å². The molecule has 0 fully saturated rings. The van der Waals surface area contributed by atoms with Crippen molar-refractivity contribution in [1.29, 1.82) is 0 Å². The summed E-state index contributed by atoms with van der Waals surface area (Å²) in [5, 5.41) is 0. The van der Waals surface area contributed by atoms with Gasteiger partial charge in [-0.05, 0) is 11.8 Å². The standard InChI is InChI=1S/C20H42O6.6CH4/c1-20(2,3)8-17(13-25-15-18(9-21-4)10-22-5)14-26-16-19(11-23-6)12-24-7;;;;;;/h17-19H,8-16H2,1-7H3;6*1H4. The number of methoxy groups -OCH3 is 4. The summed E-state index contributed by atoms with van der Waals surface area (Å²) in [7, 11) is 6.81. The third-order valence-corrected chi connectivity index (χ3v) is 3.92. The molecule has 0 aromatic carbocycles. The van der Waals surface area contributed by atoms with Crippen LogP contribution < -0.4 is 0 Å². The fourth-order valence-corrected chi connectivity index (χ4v) is 3.07. The van der Waals surface area contributed by atoms with Crippen LogP contribution in [0.4, 0.5) is 0 Å². The summed E-state index contributed by atoms with van der Waals surface area (Å²) in [6.45, 7) is 11.9. The summed E-state index contributed by atoms with van der Waals surface area (Å²) in [6, 6.07) is 0. The molecular weight excluding hydrogens is 408 g/mol. The highest BCUT2D eigenvalue weighted by Gasteiger charge is 2.21. The van der Waals surface area contributed by atoms with Gasteiger partial charge in [-0.1, -0.05) is 65.3 Å². The van der Waals surface area contributed by atoms with Gasteiger partial charge in [0.2, 0.25) is 0 Å². The molecule has 0 radical (unpaired) electrons. The van der Waals surface area contributed by atoms with E-state index >= 15 is 0 Å². The van der Waals surface area contributed by atoms with Gasteiger partial charge in [-0.25, -0.2) is 0 Å². The van der Waals surface area contributed by atoms with Crippen molar-refractivity contribution in [2.45, 2.75) is 71.8 Å². The van der Waals surface area contributed by atoms with E-state index in [-0.39, 0.29) is 61.8 Å². The second-order valence-electron chi connectivity index (χ2n) is 8.26. The molecule has 0 aromatic heterocycles. The van der Waals surface area contributed by atoms with Crippen molar-refractivity contribution >= 4 is 0 Å². The Morgan fingerprint density at radius 3 is 0.906 bits per heavy atom. The number of hydrogen-bond donors (Lipinski definition) is 0. The Balaban J connectivity index is -0.000000208. The summed E-state index contributed by atoms with van der Waals surface area (Å²) in [6.07, 6.45) is 1.05. The molecule has 0 spiro atoms. The minimum atomic E-state index is 0. The van der Waals surface area contributed by atoms with Crippen molar-refractivity contribution in [2.75, 3.05) is 81.3 Å². The maximum Gasteiger partial charge on any atom is 0.0538 e. The van der Waals surface area contributed by atoms with Crippen LogP contribution in [0.2, 0.25) is 0 Å². The van der Waals surface area contributed by atoms with Crippen molar-refractivity contribution in [3.63, 3.8) is 0 Å². The first kappa shape index (κ1) is 49.0. The van der Waals surface area contributed by atoms with Crippen molar-refractivity contribution in [1.82, 2.24) is 0 Å². The van der Waals surface area contributed by atoms with Gasteiger partial charge in [0, 0.05) is 46.2 Å². The predicted octanol–water partition coefficient (Wildman–Crippen LogP) is 6.71. The van der Waals surface area contributed by atoms with E-state index in [1.165, 1.54) is 0 Å². The zero-order valence-corrected chi connectivity index (χ0v) is 18.0. The van der Waals surface area contributed by atoms with Gasteiger partial charge < -0.3 is 28.4 Å². The Morgan fingerprint density at radius 2 is 0.688 bits per heavy atom. The van der Waals surface area contributed by atoms with E-state index in [1.54, 1.807) is 28.4 Å². The highest BCUT2D eigenvalue weighted by atomic mass is 16.5. The van der Waals surface area contributed by atoms with Gasteiger partial charge in [-0.3, -0.25) is 0 Å². The zero-order valence-electron chi connectivity index (χ0n) is 18.0. The first-order chi connectivity index (χ1) is 12.4. The molecule has 0 aliphatic carbocycles. The summed E-state index contributed by atoms with van der Waals surface area (Å²) in [5.41, 5.74) is 0.230. The third-order valence-electron chi connectivity index (χ3n) is 3.92. The van der Waals surface area contributed by atoms with Crippen LogP contribution in [0.1, 0.15) is 71.8 Å². The molecule has 6 nitrogen and oxygen atoms in total. The van der Waals surface area contributed by atoms with Crippen LogP contribution in [0.5, 0.6) is 0 Å². The first-order valence-corrected chi connectivity index (χ1v) is 9.47. The second kappa shape index (κ2) is 30.8. The molecule has 0 amide bonds. The Kier molecular flexibility index (Phi) is 47.1. The van der Waals surface area contributed by atoms with E-state index in [9.17, 15) is 0 Å². The first-order valence-electron chi connectivity index (χ1n) is 9.47. The fraction of sp³-hybridized carbons (Fsp3) is 1.00. The summed E-state index contributed by atoms with van der Waals surface area (Å²) < 4.78 is 32.8. The molecule has 0 heterocycles. The summed E-state index contributed by atoms with van der Waals surface area (Å²) in [4.78, 5) is 0. The summed E-state index contributed by atoms with van der Waals surface area (Å²) in [5.74, 6) is 0.870. The smallest absolute Gasteiger partial charge is 0.0538 e. The van der Waals surface area contributed by atoms with Crippen LogP contribution in [0.3, 0.4) is 0 Å². The van der Waals surface area contributed by atoms with Crippen LogP contribution in [-0.2, 0) is 28.4 Å². The molecule has 0 aliphatic rings. The van der Waals surface area contributed by atoms with E-state index in [1.807, 2.05) is 0 Å². The fourth-order valence-electron chi connectivity index (χ4n) is 3.07. The lowest BCUT2D eigenvalue weighted by atomic mass is 9.85. The molecule has 0 atom stereocenters. The van der Waals surface area contributed by atoms with Crippen molar-refractivity contribution < 1.29 is 28.4 Å². The maximum absolute atomic E-state index is 5.97. The SMILES string of the molecule is C.C.C.C.C.C.COCC(COC)COCC(COCC(COC)COC)CC(C)(C)C. The molecule has 0 rings (SSSR count). The Hall–Kier alpha value is -0.240. The minimum Gasteiger partial charge on any atom is -0.384 e. The Bertz CT molecular complexity index is 273. The van der Waals surface area contributed by atoms with Gasteiger partial charge in [0.05, 0.1) is 52.9 Å². The molecule has 206 valence electrons. The van der Waals surface area contributed by atoms with Crippen molar-refractivity contribution in [2.24, 2.45) is 23.2 Å². The van der Waals surface area contributed by atoms with Gasteiger partial charge in [0.15, 0.2) is 0 Å². The number of hydrogen-bond acceptors (Lipinski definition) is 6. The molecule has 6 heteroatoms. The van der Waals surface area contributed by atoms with Gasteiger partial charge in [0.25, 0.3) is 0 Å². The quantitative estimate of drug-likeness (QED) is 0.234. The average Bonchev–Trinajstić information content (AvgIpc) is 2.54. The van der Waals surface area contributed by atoms with Gasteiger partial charge in [0.1, 0.15) is 0 Å². The Labute approximate surface area is 205 Å². The van der Waals surface area contributed by atoms with E-state index < -0.39 is 0 Å². The molecular formula is C26H66O6. The maximum atomic E-state index is 5.97. The van der Waals surface area contributed by atoms with Crippen molar-refractivity contribution in [3.8, 4) is 0 Å². The van der Waals surface area contributed by atoms with Gasteiger partial charge >= 0.3 is 0 Å². The molecule has 0 saturated carbocycles. The minimum absolute atomic E-state index is 0. The van der Waals surface area contributed by atoms with Crippen LogP contribution >= 0.6 is 0 Å². The van der Waals surface area contributed by atoms with Crippen molar-refractivity contribution in [3.05, 3.63) is 0 Å². The predicted molar refractivity (Wildman–Crippen MR) is 144 cm³/mol. The van der Waals surface area contributed by atoms with Gasteiger partial charge in [-0.2, -0.15) is 0 Å². The van der Waals surface area contributed by atoms with Crippen LogP contribution in [0, 0.1) is 23.2 Å². The van der Waals surface area contributed by atoms with E-state index in [2.05, 4.69) is 20.8 Å². The molecule has 0 saturated heterocycles. The normalized spacial score (nSPS) is 10.3. The largest absolute Gasteiger partial charge is 0.384 e. The average molecular weight is 475 g/mol. The second-order valence-corrected chi connectivity index (χ2v) is 8.26. The van der Waals surface area contributed by atoms with E-state index in [0.29, 0.717) is 58.8 Å². The third kappa shape index (κ3) is 29.8. The molecule has 0 aliphatic heterocycles. The van der Waals surface area contributed by atoms with E-state index in [4.69, 9.17) is 28.4 Å². The lowest BCUT2D eigenvalue weighted by Crippen LogP contribution is -2.28. The lowest BCUT2D eigenvalue weighted by molar-refractivity contribution is -0.0289.